The number of ether oxygens (including phenoxy) is 1. The van der Waals surface area contributed by atoms with Gasteiger partial charge in [-0.3, -0.25) is 0 Å². The van der Waals surface area contributed by atoms with E-state index in [4.69, 9.17) is 5.73 Å². The number of rotatable bonds is 2. The molecule has 0 unspecified atom stereocenters. The van der Waals surface area contributed by atoms with Crippen LogP contribution >= 0.6 is 0 Å². The Labute approximate surface area is 97.8 Å². The molecular formula is C11H12N4O2. The summed E-state index contributed by atoms with van der Waals surface area (Å²) in [4.78, 5) is 22.7. The third-order valence-electron chi connectivity index (χ3n) is 2.35. The van der Waals surface area contributed by atoms with Gasteiger partial charge < -0.3 is 15.5 Å². The van der Waals surface area contributed by atoms with Crippen molar-refractivity contribution < 1.29 is 9.53 Å². The highest BCUT2D eigenvalue weighted by Crippen LogP contribution is 2.19. The van der Waals surface area contributed by atoms with E-state index in [9.17, 15) is 4.79 Å². The van der Waals surface area contributed by atoms with Crippen molar-refractivity contribution in [2.45, 2.75) is 6.92 Å². The zero-order valence-corrected chi connectivity index (χ0v) is 9.52. The van der Waals surface area contributed by atoms with Crippen molar-refractivity contribution in [1.82, 2.24) is 15.0 Å². The van der Waals surface area contributed by atoms with Crippen LogP contribution in [0.15, 0.2) is 18.3 Å². The third-order valence-corrected chi connectivity index (χ3v) is 2.35. The fourth-order valence-electron chi connectivity index (χ4n) is 1.54. The molecular weight excluding hydrogens is 220 g/mol. The Bertz CT molecular complexity index is 526. The van der Waals surface area contributed by atoms with Gasteiger partial charge in [-0.25, -0.2) is 14.8 Å². The quantitative estimate of drug-likeness (QED) is 0.757. The Morgan fingerprint density at radius 3 is 2.76 bits per heavy atom. The van der Waals surface area contributed by atoms with Crippen LogP contribution in [0.2, 0.25) is 0 Å². The number of nitrogens with one attached hydrogen (secondary N) is 1. The molecule has 17 heavy (non-hydrogen) atoms. The van der Waals surface area contributed by atoms with Crippen LogP contribution in [0.1, 0.15) is 16.1 Å². The molecule has 0 aliphatic carbocycles. The largest absolute Gasteiger partial charge is 0.465 e. The molecule has 0 bridgehead atoms. The fourth-order valence-corrected chi connectivity index (χ4v) is 1.54. The van der Waals surface area contributed by atoms with Crippen molar-refractivity contribution in [1.29, 1.82) is 0 Å². The van der Waals surface area contributed by atoms with Crippen molar-refractivity contribution in [3.8, 4) is 11.5 Å². The second kappa shape index (κ2) is 4.25. The molecule has 0 fully saturated rings. The van der Waals surface area contributed by atoms with E-state index in [0.29, 0.717) is 11.5 Å². The van der Waals surface area contributed by atoms with Crippen LogP contribution in [0.3, 0.4) is 0 Å². The van der Waals surface area contributed by atoms with Crippen LogP contribution in [-0.4, -0.2) is 28.0 Å². The Balaban J connectivity index is 2.53. The lowest BCUT2D eigenvalue weighted by molar-refractivity contribution is 0.0600. The lowest BCUT2D eigenvalue weighted by Gasteiger charge is -2.07. The zero-order valence-electron chi connectivity index (χ0n) is 9.52. The van der Waals surface area contributed by atoms with Gasteiger partial charge in [0, 0.05) is 6.20 Å². The summed E-state index contributed by atoms with van der Waals surface area (Å²) in [6.45, 7) is 1.69. The van der Waals surface area contributed by atoms with Crippen LogP contribution in [0.5, 0.6) is 0 Å². The average Bonchev–Trinajstić information content (AvgIpc) is 2.81. The van der Waals surface area contributed by atoms with Gasteiger partial charge in [0.15, 0.2) is 5.82 Å². The summed E-state index contributed by atoms with van der Waals surface area (Å²) in [6, 6.07) is 3.66. The molecule has 2 heterocycles. The molecule has 0 aromatic carbocycles. The first-order chi connectivity index (χ1) is 8.13. The van der Waals surface area contributed by atoms with Crippen molar-refractivity contribution in [3.05, 3.63) is 29.6 Å². The second-order valence-electron chi connectivity index (χ2n) is 3.47. The standard InChI is InChI=1S/C11H12N4O2/c1-6-8(11(16)17-2)9(12)15-10(14-6)7-4-3-5-13-7/h3-5,13H,1-2H3,(H2,12,14,15). The van der Waals surface area contributed by atoms with Gasteiger partial charge in [0.25, 0.3) is 0 Å². The van der Waals surface area contributed by atoms with Crippen molar-refractivity contribution >= 4 is 11.8 Å². The Morgan fingerprint density at radius 2 is 2.24 bits per heavy atom. The number of anilines is 1. The van der Waals surface area contributed by atoms with Gasteiger partial charge in [-0.05, 0) is 19.1 Å². The number of H-pyrrole nitrogens is 1. The topological polar surface area (TPSA) is 93.9 Å². The van der Waals surface area contributed by atoms with Crippen LogP contribution in [-0.2, 0) is 4.74 Å². The molecule has 0 saturated carbocycles. The number of aryl methyl sites for hydroxylation is 1. The second-order valence-corrected chi connectivity index (χ2v) is 3.47. The number of hydrogen-bond acceptors (Lipinski definition) is 5. The third kappa shape index (κ3) is 1.96. The van der Waals surface area contributed by atoms with E-state index in [1.165, 1.54) is 7.11 Å². The molecule has 2 aromatic rings. The molecule has 88 valence electrons. The van der Waals surface area contributed by atoms with Crippen LogP contribution in [0.25, 0.3) is 11.5 Å². The minimum Gasteiger partial charge on any atom is -0.465 e. The summed E-state index contributed by atoms with van der Waals surface area (Å²) >= 11 is 0. The maximum atomic E-state index is 11.5. The summed E-state index contributed by atoms with van der Waals surface area (Å²) in [5.74, 6) is 0.0460. The first-order valence-corrected chi connectivity index (χ1v) is 4.99. The molecule has 0 aliphatic rings. The minimum atomic E-state index is -0.530. The molecule has 0 saturated heterocycles. The number of nitrogens with two attached hydrogens (primary N) is 1. The zero-order chi connectivity index (χ0) is 12.4. The molecule has 6 heteroatoms. The lowest BCUT2D eigenvalue weighted by atomic mass is 10.2. The molecule has 2 aromatic heterocycles. The predicted octanol–water partition coefficient (Wildman–Crippen LogP) is 1.15. The number of hydrogen-bond donors (Lipinski definition) is 2. The summed E-state index contributed by atoms with van der Waals surface area (Å²) < 4.78 is 4.62. The SMILES string of the molecule is COC(=O)c1c(C)nc(-c2ccc[nH]2)nc1N. The number of esters is 1. The molecule has 6 nitrogen and oxygen atoms in total. The van der Waals surface area contributed by atoms with E-state index in [-0.39, 0.29) is 11.4 Å². The van der Waals surface area contributed by atoms with Crippen molar-refractivity contribution in [3.63, 3.8) is 0 Å². The van der Waals surface area contributed by atoms with Gasteiger partial charge >= 0.3 is 5.97 Å². The predicted molar refractivity (Wildman–Crippen MR) is 62.3 cm³/mol. The summed E-state index contributed by atoms with van der Waals surface area (Å²) in [7, 11) is 1.29. The van der Waals surface area contributed by atoms with E-state index in [0.717, 1.165) is 5.69 Å². The van der Waals surface area contributed by atoms with Crippen LogP contribution in [0.4, 0.5) is 5.82 Å². The molecule has 0 aliphatic heterocycles. The lowest BCUT2D eigenvalue weighted by Crippen LogP contribution is -2.12. The van der Waals surface area contributed by atoms with Gasteiger partial charge in [0.2, 0.25) is 0 Å². The van der Waals surface area contributed by atoms with Gasteiger partial charge in [0.1, 0.15) is 11.4 Å². The van der Waals surface area contributed by atoms with Gasteiger partial charge in [-0.1, -0.05) is 0 Å². The summed E-state index contributed by atoms with van der Waals surface area (Å²) in [6.07, 6.45) is 1.76. The highest BCUT2D eigenvalue weighted by Gasteiger charge is 2.17. The van der Waals surface area contributed by atoms with E-state index in [1.807, 2.05) is 12.1 Å². The monoisotopic (exact) mass is 232 g/mol. The van der Waals surface area contributed by atoms with Gasteiger partial charge in [0.05, 0.1) is 18.5 Å². The number of carbonyl (C=O) groups is 1. The molecule has 0 spiro atoms. The number of aromatic nitrogens is 3. The van der Waals surface area contributed by atoms with Crippen molar-refractivity contribution in [2.24, 2.45) is 0 Å². The highest BCUT2D eigenvalue weighted by molar-refractivity contribution is 5.95. The average molecular weight is 232 g/mol. The fraction of sp³-hybridized carbons (Fsp3) is 0.182. The number of methoxy groups -OCH3 is 1. The highest BCUT2D eigenvalue weighted by atomic mass is 16.5. The Hall–Kier alpha value is -2.37. The normalized spacial score (nSPS) is 10.2. The van der Waals surface area contributed by atoms with E-state index < -0.39 is 5.97 Å². The molecule has 0 radical (unpaired) electrons. The minimum absolute atomic E-state index is 0.119. The summed E-state index contributed by atoms with van der Waals surface area (Å²) in [5, 5.41) is 0. The number of aromatic amines is 1. The summed E-state index contributed by atoms with van der Waals surface area (Å²) in [5.41, 5.74) is 7.19. The molecule has 2 rings (SSSR count). The first kappa shape index (κ1) is 11.1. The first-order valence-electron chi connectivity index (χ1n) is 4.99. The maximum Gasteiger partial charge on any atom is 0.343 e. The molecule has 0 amide bonds. The van der Waals surface area contributed by atoms with E-state index in [1.54, 1.807) is 13.1 Å². The van der Waals surface area contributed by atoms with Crippen LogP contribution < -0.4 is 5.73 Å². The number of carbonyl (C=O) groups excluding carboxylic acids is 1. The van der Waals surface area contributed by atoms with Crippen LogP contribution in [0, 0.1) is 6.92 Å². The smallest absolute Gasteiger partial charge is 0.343 e. The Morgan fingerprint density at radius 1 is 1.47 bits per heavy atom. The van der Waals surface area contributed by atoms with E-state index >= 15 is 0 Å². The van der Waals surface area contributed by atoms with Gasteiger partial charge in [-0.2, -0.15) is 0 Å². The molecule has 0 atom stereocenters. The maximum absolute atomic E-state index is 11.5. The van der Waals surface area contributed by atoms with E-state index in [2.05, 4.69) is 19.7 Å². The number of nitrogen functional groups attached to an aromatic ring is 1. The Kier molecular flexibility index (Phi) is 2.78. The molecule has 3 N–H and O–H groups in total. The van der Waals surface area contributed by atoms with Crippen molar-refractivity contribution in [2.75, 3.05) is 12.8 Å². The van der Waals surface area contributed by atoms with Gasteiger partial charge in [-0.15, -0.1) is 0 Å². The number of nitrogens with zero attached hydrogens (tertiary/aromatic N) is 2.